The van der Waals surface area contributed by atoms with Crippen LogP contribution in [0.1, 0.15) is 60.6 Å². The number of nitrogens with one attached hydrogen (secondary N) is 2. The largest absolute Gasteiger partial charge is 0.363 e. The molecule has 2 fully saturated rings. The van der Waals surface area contributed by atoms with Gasteiger partial charge in [-0.3, -0.25) is 0 Å². The summed E-state index contributed by atoms with van der Waals surface area (Å²) in [6.07, 6.45) is 6.88. The maximum absolute atomic E-state index is 4.74. The van der Waals surface area contributed by atoms with Crippen molar-refractivity contribution in [2.75, 3.05) is 5.32 Å². The lowest BCUT2D eigenvalue weighted by atomic mass is 10.2. The van der Waals surface area contributed by atoms with Gasteiger partial charge in [-0.25, -0.2) is 15.0 Å². The molecule has 5 nitrogen and oxygen atoms in total. The third-order valence-electron chi connectivity index (χ3n) is 3.89. The van der Waals surface area contributed by atoms with Crippen molar-refractivity contribution in [1.29, 1.82) is 0 Å². The van der Waals surface area contributed by atoms with Gasteiger partial charge in [-0.1, -0.05) is 0 Å². The molecule has 2 N–H and O–H groups in total. The van der Waals surface area contributed by atoms with Crippen LogP contribution >= 0.6 is 0 Å². The maximum atomic E-state index is 4.74. The summed E-state index contributed by atoms with van der Waals surface area (Å²) in [6.45, 7) is 2.69. The molecule has 2 aliphatic rings. The highest BCUT2D eigenvalue weighted by Gasteiger charge is 2.31. The molecule has 104 valence electrons. The minimum absolute atomic E-state index is 0.597. The SMILES string of the molecule is Cc1cnc(CNc2cc(C3CC3)nc(C3CC3)n2)[nH]1. The average Bonchev–Trinajstić information content (AvgIpc) is 3.35. The Morgan fingerprint density at radius 2 is 2.00 bits per heavy atom. The van der Waals surface area contributed by atoms with E-state index in [1.165, 1.54) is 31.4 Å². The Kier molecular flexibility index (Phi) is 2.72. The van der Waals surface area contributed by atoms with E-state index in [0.717, 1.165) is 23.2 Å². The van der Waals surface area contributed by atoms with Crippen LogP contribution in [-0.2, 0) is 6.54 Å². The van der Waals surface area contributed by atoms with Crippen molar-refractivity contribution < 1.29 is 0 Å². The first-order valence-corrected chi connectivity index (χ1v) is 7.41. The zero-order chi connectivity index (χ0) is 13.5. The molecule has 0 radical (unpaired) electrons. The van der Waals surface area contributed by atoms with Crippen molar-refractivity contribution in [2.45, 2.75) is 51.0 Å². The molecule has 2 heterocycles. The van der Waals surface area contributed by atoms with Crippen LogP contribution in [-0.4, -0.2) is 19.9 Å². The Labute approximate surface area is 118 Å². The first-order chi connectivity index (χ1) is 9.78. The molecule has 0 saturated heterocycles. The molecule has 5 heteroatoms. The second-order valence-corrected chi connectivity index (χ2v) is 5.95. The van der Waals surface area contributed by atoms with E-state index in [1.807, 2.05) is 13.1 Å². The second-order valence-electron chi connectivity index (χ2n) is 5.95. The van der Waals surface area contributed by atoms with Crippen LogP contribution in [0.15, 0.2) is 12.3 Å². The summed E-state index contributed by atoms with van der Waals surface area (Å²) in [7, 11) is 0. The summed E-state index contributed by atoms with van der Waals surface area (Å²) >= 11 is 0. The number of hydrogen-bond acceptors (Lipinski definition) is 4. The molecule has 0 amide bonds. The third-order valence-corrected chi connectivity index (χ3v) is 3.89. The van der Waals surface area contributed by atoms with Crippen LogP contribution in [0.2, 0.25) is 0 Å². The Morgan fingerprint density at radius 1 is 1.20 bits per heavy atom. The molecule has 0 unspecified atom stereocenters. The molecular formula is C15H19N5. The van der Waals surface area contributed by atoms with E-state index in [0.29, 0.717) is 18.4 Å². The van der Waals surface area contributed by atoms with Gasteiger partial charge in [-0.2, -0.15) is 0 Å². The number of aryl methyl sites for hydroxylation is 1. The summed E-state index contributed by atoms with van der Waals surface area (Å²) in [5.74, 6) is 4.19. The first kappa shape index (κ1) is 11.9. The minimum atomic E-state index is 0.597. The standard InChI is InChI=1S/C15H19N5/c1-9-7-16-14(18-9)8-17-13-6-12(10-2-3-10)19-15(20-13)11-4-5-11/h6-7,10-11H,2-5,8H2,1H3,(H,16,18)(H,17,19,20). The summed E-state index contributed by atoms with van der Waals surface area (Å²) in [5, 5.41) is 3.38. The molecule has 2 aromatic rings. The van der Waals surface area contributed by atoms with Crippen molar-refractivity contribution in [1.82, 2.24) is 19.9 Å². The van der Waals surface area contributed by atoms with Crippen LogP contribution in [0.3, 0.4) is 0 Å². The Balaban J connectivity index is 1.53. The van der Waals surface area contributed by atoms with Crippen molar-refractivity contribution in [2.24, 2.45) is 0 Å². The molecule has 4 rings (SSSR count). The van der Waals surface area contributed by atoms with Crippen molar-refractivity contribution in [3.05, 3.63) is 35.3 Å². The van der Waals surface area contributed by atoms with E-state index >= 15 is 0 Å². The highest BCUT2D eigenvalue weighted by atomic mass is 15.1. The zero-order valence-corrected chi connectivity index (χ0v) is 11.7. The molecule has 0 atom stereocenters. The topological polar surface area (TPSA) is 66.5 Å². The van der Waals surface area contributed by atoms with Crippen molar-refractivity contribution in [3.8, 4) is 0 Å². The quantitative estimate of drug-likeness (QED) is 0.876. The molecule has 2 saturated carbocycles. The van der Waals surface area contributed by atoms with E-state index in [2.05, 4.69) is 26.3 Å². The van der Waals surface area contributed by atoms with Gasteiger partial charge >= 0.3 is 0 Å². The van der Waals surface area contributed by atoms with Crippen LogP contribution in [0.5, 0.6) is 0 Å². The number of H-pyrrole nitrogens is 1. The van der Waals surface area contributed by atoms with E-state index in [4.69, 9.17) is 4.98 Å². The Bertz CT molecular complexity index is 595. The summed E-state index contributed by atoms with van der Waals surface area (Å²) in [4.78, 5) is 16.9. The lowest BCUT2D eigenvalue weighted by Gasteiger charge is -2.08. The van der Waals surface area contributed by atoms with Crippen LogP contribution in [0, 0.1) is 6.92 Å². The fourth-order valence-corrected chi connectivity index (χ4v) is 2.42. The molecule has 20 heavy (non-hydrogen) atoms. The maximum Gasteiger partial charge on any atom is 0.134 e. The van der Waals surface area contributed by atoms with Gasteiger partial charge in [0, 0.05) is 35.5 Å². The Morgan fingerprint density at radius 3 is 2.65 bits per heavy atom. The number of imidazole rings is 1. The predicted octanol–water partition coefficient (Wildman–Crippen LogP) is 2.88. The monoisotopic (exact) mass is 269 g/mol. The summed E-state index contributed by atoms with van der Waals surface area (Å²) in [5.41, 5.74) is 2.31. The average molecular weight is 269 g/mol. The molecular weight excluding hydrogens is 250 g/mol. The molecule has 0 aromatic carbocycles. The van der Waals surface area contributed by atoms with E-state index in [9.17, 15) is 0 Å². The molecule has 2 aliphatic carbocycles. The lowest BCUT2D eigenvalue weighted by molar-refractivity contribution is 0.866. The van der Waals surface area contributed by atoms with Crippen molar-refractivity contribution in [3.63, 3.8) is 0 Å². The highest BCUT2D eigenvalue weighted by Crippen LogP contribution is 2.43. The number of hydrogen-bond donors (Lipinski definition) is 2. The smallest absolute Gasteiger partial charge is 0.134 e. The first-order valence-electron chi connectivity index (χ1n) is 7.41. The fraction of sp³-hybridized carbons (Fsp3) is 0.533. The number of aromatic nitrogens is 4. The normalized spacial score (nSPS) is 18.2. The summed E-state index contributed by atoms with van der Waals surface area (Å²) < 4.78 is 0. The fourth-order valence-electron chi connectivity index (χ4n) is 2.42. The van der Waals surface area contributed by atoms with Crippen molar-refractivity contribution >= 4 is 5.82 Å². The van der Waals surface area contributed by atoms with Gasteiger partial charge in [0.25, 0.3) is 0 Å². The number of aromatic amines is 1. The molecule has 2 aromatic heterocycles. The minimum Gasteiger partial charge on any atom is -0.363 e. The highest BCUT2D eigenvalue weighted by molar-refractivity contribution is 5.39. The summed E-state index contributed by atoms with van der Waals surface area (Å²) in [6, 6.07) is 2.11. The zero-order valence-electron chi connectivity index (χ0n) is 11.7. The van der Waals surface area contributed by atoms with Gasteiger partial charge in [-0.05, 0) is 32.6 Å². The van der Waals surface area contributed by atoms with Crippen LogP contribution in [0.4, 0.5) is 5.82 Å². The number of rotatable bonds is 5. The van der Waals surface area contributed by atoms with Crippen LogP contribution in [0.25, 0.3) is 0 Å². The van der Waals surface area contributed by atoms with E-state index in [-0.39, 0.29) is 0 Å². The lowest BCUT2D eigenvalue weighted by Crippen LogP contribution is -2.07. The Hall–Kier alpha value is -1.91. The van der Waals surface area contributed by atoms with Crippen LogP contribution < -0.4 is 5.32 Å². The van der Waals surface area contributed by atoms with E-state index in [1.54, 1.807) is 0 Å². The predicted molar refractivity (Wildman–Crippen MR) is 76.6 cm³/mol. The third kappa shape index (κ3) is 2.53. The van der Waals surface area contributed by atoms with Gasteiger partial charge in [0.05, 0.1) is 6.54 Å². The molecule has 0 spiro atoms. The molecule has 0 aliphatic heterocycles. The van der Waals surface area contributed by atoms with Gasteiger partial charge in [-0.15, -0.1) is 0 Å². The molecule has 0 bridgehead atoms. The number of nitrogens with zero attached hydrogens (tertiary/aromatic N) is 3. The van der Waals surface area contributed by atoms with Gasteiger partial charge in [0.1, 0.15) is 17.5 Å². The van der Waals surface area contributed by atoms with Gasteiger partial charge in [0.15, 0.2) is 0 Å². The second kappa shape index (κ2) is 4.58. The van der Waals surface area contributed by atoms with Gasteiger partial charge < -0.3 is 10.3 Å². The number of anilines is 1. The van der Waals surface area contributed by atoms with E-state index < -0.39 is 0 Å². The van der Waals surface area contributed by atoms with Gasteiger partial charge in [0.2, 0.25) is 0 Å².